The van der Waals surface area contributed by atoms with Crippen molar-refractivity contribution in [1.29, 1.82) is 0 Å². The number of aryl methyl sites for hydroxylation is 1. The SMILES string of the molecule is O=C(CCc1ncc(-c2ccc(Cl)cc2Cl)o1)Nc1ccnn1C1CCCC1. The van der Waals surface area contributed by atoms with E-state index in [2.05, 4.69) is 15.4 Å². The van der Waals surface area contributed by atoms with Gasteiger partial charge in [-0.3, -0.25) is 4.79 Å². The van der Waals surface area contributed by atoms with Gasteiger partial charge in [0, 0.05) is 29.5 Å². The topological polar surface area (TPSA) is 73.0 Å². The Labute approximate surface area is 172 Å². The molecule has 1 aliphatic rings. The maximum absolute atomic E-state index is 12.4. The lowest BCUT2D eigenvalue weighted by atomic mass is 10.2. The third-order valence-corrected chi connectivity index (χ3v) is 5.47. The third-order valence-electron chi connectivity index (χ3n) is 4.92. The van der Waals surface area contributed by atoms with E-state index >= 15 is 0 Å². The van der Waals surface area contributed by atoms with Gasteiger partial charge in [0.05, 0.1) is 23.5 Å². The van der Waals surface area contributed by atoms with E-state index in [1.165, 1.54) is 12.8 Å². The second-order valence-corrected chi connectivity index (χ2v) is 7.73. The summed E-state index contributed by atoms with van der Waals surface area (Å²) in [5, 5.41) is 8.37. The summed E-state index contributed by atoms with van der Waals surface area (Å²) in [6, 6.07) is 7.39. The predicted molar refractivity (Wildman–Crippen MR) is 109 cm³/mol. The first-order chi connectivity index (χ1) is 13.6. The molecule has 2 heterocycles. The fraction of sp³-hybridized carbons (Fsp3) is 0.350. The number of nitrogens with zero attached hydrogens (tertiary/aromatic N) is 3. The van der Waals surface area contributed by atoms with Crippen LogP contribution in [-0.4, -0.2) is 20.7 Å². The van der Waals surface area contributed by atoms with Crippen molar-refractivity contribution in [3.05, 3.63) is 52.6 Å². The van der Waals surface area contributed by atoms with Crippen LogP contribution >= 0.6 is 23.2 Å². The van der Waals surface area contributed by atoms with E-state index in [0.717, 1.165) is 24.2 Å². The van der Waals surface area contributed by atoms with Crippen molar-refractivity contribution in [3.63, 3.8) is 0 Å². The fourth-order valence-electron chi connectivity index (χ4n) is 3.52. The molecule has 0 atom stereocenters. The van der Waals surface area contributed by atoms with Crippen molar-refractivity contribution in [2.75, 3.05) is 5.32 Å². The van der Waals surface area contributed by atoms with E-state index in [1.807, 2.05) is 10.7 Å². The van der Waals surface area contributed by atoms with Gasteiger partial charge in [-0.1, -0.05) is 36.0 Å². The number of carbonyl (C=O) groups excluding carboxylic acids is 1. The molecule has 1 fully saturated rings. The number of carbonyl (C=O) groups is 1. The Kier molecular flexibility index (Phi) is 5.69. The van der Waals surface area contributed by atoms with Crippen LogP contribution in [0.5, 0.6) is 0 Å². The number of anilines is 1. The molecule has 0 spiro atoms. The van der Waals surface area contributed by atoms with E-state index in [-0.39, 0.29) is 12.3 Å². The first-order valence-electron chi connectivity index (χ1n) is 9.33. The molecule has 8 heteroatoms. The largest absolute Gasteiger partial charge is 0.441 e. The van der Waals surface area contributed by atoms with Crippen LogP contribution in [0.4, 0.5) is 5.82 Å². The lowest BCUT2D eigenvalue weighted by molar-refractivity contribution is -0.116. The van der Waals surface area contributed by atoms with Crippen LogP contribution in [0.2, 0.25) is 10.0 Å². The molecule has 0 bridgehead atoms. The molecule has 2 aromatic heterocycles. The number of hydrogen-bond donors (Lipinski definition) is 1. The van der Waals surface area contributed by atoms with E-state index in [1.54, 1.807) is 30.6 Å². The molecule has 0 radical (unpaired) electrons. The van der Waals surface area contributed by atoms with Crippen LogP contribution < -0.4 is 5.32 Å². The molecule has 1 amide bonds. The molecule has 6 nitrogen and oxygen atoms in total. The number of amides is 1. The van der Waals surface area contributed by atoms with Gasteiger partial charge in [-0.2, -0.15) is 5.10 Å². The average molecular weight is 419 g/mol. The maximum Gasteiger partial charge on any atom is 0.226 e. The molecule has 3 aromatic rings. The van der Waals surface area contributed by atoms with Gasteiger partial charge in [0.2, 0.25) is 5.91 Å². The average Bonchev–Trinajstić information content (AvgIpc) is 3.41. The Morgan fingerprint density at radius 3 is 2.86 bits per heavy atom. The molecular formula is C20H20Cl2N4O2. The number of aromatic nitrogens is 3. The molecular weight excluding hydrogens is 399 g/mol. The molecule has 1 aromatic carbocycles. The zero-order valence-corrected chi connectivity index (χ0v) is 16.7. The first-order valence-corrected chi connectivity index (χ1v) is 10.1. The minimum atomic E-state index is -0.0935. The highest BCUT2D eigenvalue weighted by Crippen LogP contribution is 2.32. The number of rotatable bonds is 6. The molecule has 0 unspecified atom stereocenters. The van der Waals surface area contributed by atoms with Gasteiger partial charge >= 0.3 is 0 Å². The molecule has 0 aliphatic heterocycles. The second-order valence-electron chi connectivity index (χ2n) is 6.89. The van der Waals surface area contributed by atoms with Crippen LogP contribution in [0.15, 0.2) is 41.1 Å². The normalized spacial score (nSPS) is 14.5. The number of benzene rings is 1. The highest BCUT2D eigenvalue weighted by Gasteiger charge is 2.20. The van der Waals surface area contributed by atoms with Gasteiger partial charge in [-0.15, -0.1) is 0 Å². The molecule has 1 N–H and O–H groups in total. The monoisotopic (exact) mass is 418 g/mol. The smallest absolute Gasteiger partial charge is 0.226 e. The standard InChI is InChI=1S/C20H20Cl2N4O2/c21-13-5-6-15(16(22)11-13)17-12-23-20(28-17)8-7-19(27)25-18-9-10-24-26(18)14-3-1-2-4-14/h5-6,9-12,14H,1-4,7-8H2,(H,25,27). The van der Waals surface area contributed by atoms with Gasteiger partial charge in [0.15, 0.2) is 11.7 Å². The number of halogens is 2. The van der Waals surface area contributed by atoms with Gasteiger partial charge in [0.1, 0.15) is 5.82 Å². The molecule has 0 saturated heterocycles. The summed E-state index contributed by atoms with van der Waals surface area (Å²) < 4.78 is 7.67. The quantitative estimate of drug-likeness (QED) is 0.570. The van der Waals surface area contributed by atoms with E-state index in [0.29, 0.717) is 34.2 Å². The summed E-state index contributed by atoms with van der Waals surface area (Å²) in [6.07, 6.45) is 8.64. The summed E-state index contributed by atoms with van der Waals surface area (Å²) >= 11 is 12.1. The lowest BCUT2D eigenvalue weighted by Crippen LogP contribution is -2.18. The van der Waals surface area contributed by atoms with E-state index in [4.69, 9.17) is 27.6 Å². The van der Waals surface area contributed by atoms with Crippen molar-refractivity contribution < 1.29 is 9.21 Å². The zero-order chi connectivity index (χ0) is 19.5. The Bertz CT molecular complexity index is 976. The van der Waals surface area contributed by atoms with E-state index < -0.39 is 0 Å². The Morgan fingerprint density at radius 1 is 1.25 bits per heavy atom. The van der Waals surface area contributed by atoms with Crippen molar-refractivity contribution in [1.82, 2.24) is 14.8 Å². The minimum Gasteiger partial charge on any atom is -0.441 e. The summed E-state index contributed by atoms with van der Waals surface area (Å²) in [4.78, 5) is 16.6. The maximum atomic E-state index is 12.4. The third kappa shape index (κ3) is 4.23. The van der Waals surface area contributed by atoms with Crippen molar-refractivity contribution in [3.8, 4) is 11.3 Å². The van der Waals surface area contributed by atoms with E-state index in [9.17, 15) is 4.79 Å². The van der Waals surface area contributed by atoms with Crippen molar-refractivity contribution >= 4 is 34.9 Å². The van der Waals surface area contributed by atoms with Gasteiger partial charge < -0.3 is 9.73 Å². The Balaban J connectivity index is 1.36. The van der Waals surface area contributed by atoms with Crippen LogP contribution in [0, 0.1) is 0 Å². The summed E-state index contributed by atoms with van der Waals surface area (Å²) in [5.41, 5.74) is 0.717. The number of hydrogen-bond acceptors (Lipinski definition) is 4. The Hall–Kier alpha value is -2.31. The van der Waals surface area contributed by atoms with Crippen LogP contribution in [0.3, 0.4) is 0 Å². The fourth-order valence-corrected chi connectivity index (χ4v) is 4.02. The Morgan fingerprint density at radius 2 is 2.07 bits per heavy atom. The first kappa shape index (κ1) is 19.0. The minimum absolute atomic E-state index is 0.0935. The highest BCUT2D eigenvalue weighted by atomic mass is 35.5. The summed E-state index contributed by atoms with van der Waals surface area (Å²) in [7, 11) is 0. The van der Waals surface area contributed by atoms with Crippen molar-refractivity contribution in [2.45, 2.75) is 44.6 Å². The molecule has 146 valence electrons. The number of oxazole rings is 1. The number of nitrogens with one attached hydrogen (secondary N) is 1. The van der Waals surface area contributed by atoms with Gasteiger partial charge in [-0.25, -0.2) is 9.67 Å². The molecule has 4 rings (SSSR count). The van der Waals surface area contributed by atoms with Gasteiger partial charge in [-0.05, 0) is 31.0 Å². The lowest BCUT2D eigenvalue weighted by Gasteiger charge is -2.14. The van der Waals surface area contributed by atoms with Crippen molar-refractivity contribution in [2.24, 2.45) is 0 Å². The molecule has 1 saturated carbocycles. The second kappa shape index (κ2) is 8.37. The predicted octanol–water partition coefficient (Wildman–Crippen LogP) is 5.53. The summed E-state index contributed by atoms with van der Waals surface area (Å²) in [5.74, 6) is 1.69. The van der Waals surface area contributed by atoms with Crippen LogP contribution in [0.25, 0.3) is 11.3 Å². The molecule has 1 aliphatic carbocycles. The highest BCUT2D eigenvalue weighted by molar-refractivity contribution is 6.36. The summed E-state index contributed by atoms with van der Waals surface area (Å²) in [6.45, 7) is 0. The zero-order valence-electron chi connectivity index (χ0n) is 15.2. The molecule has 28 heavy (non-hydrogen) atoms. The van der Waals surface area contributed by atoms with Gasteiger partial charge in [0.25, 0.3) is 0 Å². The van der Waals surface area contributed by atoms with Crippen LogP contribution in [0.1, 0.15) is 44.0 Å². The van der Waals surface area contributed by atoms with Crippen LogP contribution in [-0.2, 0) is 11.2 Å².